The lowest BCUT2D eigenvalue weighted by Gasteiger charge is -2.34. The Kier molecular flexibility index (Phi) is 5.44. The molecule has 0 spiro atoms. The molecule has 30 heavy (non-hydrogen) atoms. The van der Waals surface area contributed by atoms with E-state index in [-0.39, 0.29) is 11.3 Å². The van der Waals surface area contributed by atoms with Gasteiger partial charge in [0, 0.05) is 37.2 Å². The third-order valence-corrected chi connectivity index (χ3v) is 6.59. The van der Waals surface area contributed by atoms with Crippen LogP contribution in [0.2, 0.25) is 0 Å². The molecule has 2 aromatic rings. The van der Waals surface area contributed by atoms with E-state index in [1.54, 1.807) is 6.20 Å². The van der Waals surface area contributed by atoms with Crippen molar-refractivity contribution in [3.8, 4) is 0 Å². The first-order chi connectivity index (χ1) is 14.7. The number of aliphatic imine (C=N–C) groups is 1. The van der Waals surface area contributed by atoms with Gasteiger partial charge < -0.3 is 10.2 Å². The Balaban J connectivity index is 1.41. The van der Waals surface area contributed by atoms with E-state index in [2.05, 4.69) is 51.3 Å². The molecule has 1 fully saturated rings. The van der Waals surface area contributed by atoms with Gasteiger partial charge in [-0.25, -0.2) is 9.98 Å². The monoisotopic (exact) mass is 422 g/mol. The van der Waals surface area contributed by atoms with E-state index in [0.717, 1.165) is 67.1 Å². The zero-order valence-electron chi connectivity index (χ0n) is 17.2. The van der Waals surface area contributed by atoms with Crippen molar-refractivity contribution in [2.75, 3.05) is 20.1 Å². The maximum Gasteiger partial charge on any atom is 0.124 e. The molecule has 2 aliphatic heterocycles. The van der Waals surface area contributed by atoms with Gasteiger partial charge in [-0.15, -0.1) is 11.6 Å². The zero-order chi connectivity index (χ0) is 20.5. The van der Waals surface area contributed by atoms with Gasteiger partial charge in [0.15, 0.2) is 0 Å². The quantitative estimate of drug-likeness (QED) is 0.758. The van der Waals surface area contributed by atoms with Crippen molar-refractivity contribution < 1.29 is 0 Å². The van der Waals surface area contributed by atoms with Crippen LogP contribution in [-0.2, 0) is 0 Å². The summed E-state index contributed by atoms with van der Waals surface area (Å²) in [6, 6.07) is 2.60. The summed E-state index contributed by atoms with van der Waals surface area (Å²) in [5.74, 6) is 2.25. The number of aromatic nitrogens is 3. The third kappa shape index (κ3) is 3.70. The van der Waals surface area contributed by atoms with Crippen molar-refractivity contribution >= 4 is 34.5 Å². The van der Waals surface area contributed by atoms with Crippen molar-refractivity contribution in [3.05, 3.63) is 54.4 Å². The molecule has 3 aliphatic rings. The van der Waals surface area contributed by atoms with Crippen LogP contribution in [0.5, 0.6) is 0 Å². The lowest BCUT2D eigenvalue weighted by atomic mass is 10.0. The van der Waals surface area contributed by atoms with Crippen LogP contribution in [0.25, 0.3) is 16.7 Å². The molecule has 0 saturated carbocycles. The molecule has 4 heterocycles. The highest BCUT2D eigenvalue weighted by molar-refractivity contribution is 6.22. The van der Waals surface area contributed by atoms with Gasteiger partial charge in [-0.2, -0.15) is 0 Å². The predicted molar refractivity (Wildman–Crippen MR) is 123 cm³/mol. The molecule has 0 bridgehead atoms. The summed E-state index contributed by atoms with van der Waals surface area (Å²) in [5, 5.41) is 3.44. The first-order valence-electron chi connectivity index (χ1n) is 10.7. The second-order valence-electron chi connectivity index (χ2n) is 8.14. The molecule has 0 amide bonds. The second kappa shape index (κ2) is 8.36. The summed E-state index contributed by atoms with van der Waals surface area (Å²) < 4.78 is 2.22. The molecule has 1 saturated heterocycles. The highest BCUT2D eigenvalue weighted by atomic mass is 35.5. The molecule has 2 atom stereocenters. The van der Waals surface area contributed by atoms with E-state index in [4.69, 9.17) is 21.6 Å². The molecule has 1 aliphatic carbocycles. The SMILES string of the molecule is CNC1CCN(C2=CCC(c3nc4ccncc4n3C3=CCC(Cl)C=C3)C=N2)CC1. The lowest BCUT2D eigenvalue weighted by Crippen LogP contribution is -2.40. The van der Waals surface area contributed by atoms with Crippen molar-refractivity contribution in [2.45, 2.75) is 43.0 Å². The number of hydrogen-bond donors (Lipinski definition) is 1. The fourth-order valence-corrected chi connectivity index (χ4v) is 4.67. The molecule has 1 N–H and O–H groups in total. The van der Waals surface area contributed by atoms with Gasteiger partial charge in [-0.1, -0.05) is 12.2 Å². The van der Waals surface area contributed by atoms with Crippen LogP contribution in [0.3, 0.4) is 0 Å². The predicted octanol–water partition coefficient (Wildman–Crippen LogP) is 3.92. The van der Waals surface area contributed by atoms with Crippen LogP contribution < -0.4 is 5.32 Å². The van der Waals surface area contributed by atoms with Gasteiger partial charge in [0.2, 0.25) is 0 Å². The van der Waals surface area contributed by atoms with Gasteiger partial charge >= 0.3 is 0 Å². The number of imidazole rings is 1. The number of likely N-dealkylation sites (tertiary alicyclic amines) is 1. The first kappa shape index (κ1) is 19.5. The van der Waals surface area contributed by atoms with E-state index < -0.39 is 0 Å². The summed E-state index contributed by atoms with van der Waals surface area (Å²) >= 11 is 6.25. The Hall–Kier alpha value is -2.44. The molecule has 156 valence electrons. The molecule has 2 unspecified atom stereocenters. The van der Waals surface area contributed by atoms with Gasteiger partial charge in [-0.3, -0.25) is 9.55 Å². The molecular weight excluding hydrogens is 396 g/mol. The number of alkyl halides is 1. The summed E-state index contributed by atoms with van der Waals surface area (Å²) in [5.41, 5.74) is 3.09. The topological polar surface area (TPSA) is 58.3 Å². The van der Waals surface area contributed by atoms with E-state index in [9.17, 15) is 0 Å². The number of pyridine rings is 1. The summed E-state index contributed by atoms with van der Waals surface area (Å²) in [7, 11) is 2.05. The molecule has 5 rings (SSSR count). The highest BCUT2D eigenvalue weighted by Crippen LogP contribution is 2.32. The Morgan fingerprint density at radius 3 is 2.73 bits per heavy atom. The lowest BCUT2D eigenvalue weighted by molar-refractivity contribution is 0.245. The number of fused-ring (bicyclic) bond motifs is 1. The van der Waals surface area contributed by atoms with Crippen LogP contribution in [0.1, 0.15) is 37.4 Å². The van der Waals surface area contributed by atoms with Crippen LogP contribution in [0, 0.1) is 0 Å². The fraction of sp³-hybridized carbons (Fsp3) is 0.435. The average Bonchev–Trinajstić information content (AvgIpc) is 3.19. The third-order valence-electron chi connectivity index (χ3n) is 6.27. The summed E-state index contributed by atoms with van der Waals surface area (Å²) in [6.45, 7) is 2.11. The average molecular weight is 423 g/mol. The molecule has 6 nitrogen and oxygen atoms in total. The van der Waals surface area contributed by atoms with Gasteiger partial charge in [-0.05, 0) is 50.9 Å². The molecule has 2 aromatic heterocycles. The van der Waals surface area contributed by atoms with Crippen molar-refractivity contribution in [2.24, 2.45) is 4.99 Å². The summed E-state index contributed by atoms with van der Waals surface area (Å²) in [4.78, 5) is 16.5. The van der Waals surface area contributed by atoms with Crippen molar-refractivity contribution in [3.63, 3.8) is 0 Å². The largest absolute Gasteiger partial charge is 0.357 e. The number of nitrogens with one attached hydrogen (secondary N) is 1. The Morgan fingerprint density at radius 2 is 2.03 bits per heavy atom. The minimum absolute atomic E-state index is 0.0545. The minimum atomic E-state index is 0.0545. The molecule has 0 aromatic carbocycles. The number of rotatable bonds is 4. The number of nitrogens with zero attached hydrogens (tertiary/aromatic N) is 5. The standard InChI is InChI=1S/C23H27ClN6/c1-25-18-9-12-29(13-10-18)22-7-2-16(14-27-22)23-28-20-8-11-26-15-21(20)30(23)19-5-3-17(24)4-6-19/h3,5-8,11,14-18,25H,2,4,9-10,12-13H2,1H3. The van der Waals surface area contributed by atoms with E-state index in [1.165, 1.54) is 0 Å². The minimum Gasteiger partial charge on any atom is -0.357 e. The number of allylic oxidation sites excluding steroid dienone is 5. The maximum absolute atomic E-state index is 6.25. The van der Waals surface area contributed by atoms with Gasteiger partial charge in [0.05, 0.1) is 28.5 Å². The Bertz CT molecular complexity index is 1040. The highest BCUT2D eigenvalue weighted by Gasteiger charge is 2.25. The zero-order valence-corrected chi connectivity index (χ0v) is 18.0. The fourth-order valence-electron chi connectivity index (χ4n) is 4.50. The summed E-state index contributed by atoms with van der Waals surface area (Å²) in [6.07, 6.45) is 18.4. The normalized spacial score (nSPS) is 24.9. The Morgan fingerprint density at radius 1 is 1.17 bits per heavy atom. The van der Waals surface area contributed by atoms with E-state index >= 15 is 0 Å². The molecule has 0 radical (unpaired) electrons. The van der Waals surface area contributed by atoms with Gasteiger partial charge in [0.25, 0.3) is 0 Å². The van der Waals surface area contributed by atoms with Crippen LogP contribution in [0.15, 0.2) is 53.6 Å². The van der Waals surface area contributed by atoms with Crippen molar-refractivity contribution in [1.29, 1.82) is 0 Å². The van der Waals surface area contributed by atoms with Crippen LogP contribution in [0.4, 0.5) is 0 Å². The van der Waals surface area contributed by atoms with E-state index in [1.807, 2.05) is 18.3 Å². The number of piperidine rings is 1. The van der Waals surface area contributed by atoms with Crippen LogP contribution in [-0.4, -0.2) is 57.2 Å². The number of hydrogen-bond acceptors (Lipinski definition) is 5. The number of halogens is 1. The smallest absolute Gasteiger partial charge is 0.124 e. The Labute approximate surface area is 182 Å². The molecular formula is C23H27ClN6. The van der Waals surface area contributed by atoms with Crippen molar-refractivity contribution in [1.82, 2.24) is 24.8 Å². The van der Waals surface area contributed by atoms with E-state index in [0.29, 0.717) is 6.04 Å². The second-order valence-corrected chi connectivity index (χ2v) is 8.70. The first-order valence-corrected chi connectivity index (χ1v) is 11.2. The maximum atomic E-state index is 6.25. The van der Waals surface area contributed by atoms with Gasteiger partial charge in [0.1, 0.15) is 11.6 Å². The molecule has 7 heteroatoms. The van der Waals surface area contributed by atoms with Crippen LogP contribution >= 0.6 is 11.6 Å².